The highest BCUT2D eigenvalue weighted by Crippen LogP contribution is 2.37. The zero-order valence-corrected chi connectivity index (χ0v) is 21.8. The highest BCUT2D eigenvalue weighted by Gasteiger charge is 2.16. The molecular formula is C25H24Cl2N4O5S. The summed E-state index contributed by atoms with van der Waals surface area (Å²) < 4.78 is 12.0. The van der Waals surface area contributed by atoms with Gasteiger partial charge in [-0.25, -0.2) is 9.78 Å². The standard InChI is InChI=1S/C25H23ClN4O5S.ClH/c26-17-7-5-15(6-8-17)24(32)30-18-3-1-4-19(11-18)34-13-16-14-36-22-20(12-29-23(27)21(16)22)35-25(33)28-9-2-10-31;/h1,3-8,11-12,14,31H,2,9-10,13H2,(H2,27,29)(H,28,33)(H,30,32);1H. The Balaban J connectivity index is 0.00000380. The number of nitrogens with one attached hydrogen (secondary N) is 2. The second-order valence-corrected chi connectivity index (χ2v) is 8.96. The highest BCUT2D eigenvalue weighted by molar-refractivity contribution is 7.17. The second kappa shape index (κ2) is 13.1. The third kappa shape index (κ3) is 7.23. The first-order chi connectivity index (χ1) is 17.4. The minimum Gasteiger partial charge on any atom is -0.489 e. The van der Waals surface area contributed by atoms with Crippen LogP contribution in [0.4, 0.5) is 16.3 Å². The Labute approximate surface area is 228 Å². The summed E-state index contributed by atoms with van der Waals surface area (Å²) in [6, 6.07) is 13.6. The first kappa shape index (κ1) is 28.0. The lowest BCUT2D eigenvalue weighted by atomic mass is 10.2. The van der Waals surface area contributed by atoms with Crippen molar-refractivity contribution in [2.45, 2.75) is 13.0 Å². The van der Waals surface area contributed by atoms with Gasteiger partial charge >= 0.3 is 6.09 Å². The number of pyridine rings is 1. The number of aliphatic hydroxyl groups excluding tert-OH is 1. The number of aliphatic hydroxyl groups is 1. The summed E-state index contributed by atoms with van der Waals surface area (Å²) in [5, 5.41) is 17.3. The van der Waals surface area contributed by atoms with Gasteiger partial charge in [0.1, 0.15) is 18.2 Å². The maximum atomic E-state index is 12.5. The molecule has 0 radical (unpaired) electrons. The van der Waals surface area contributed by atoms with Crippen molar-refractivity contribution >= 4 is 68.9 Å². The third-order valence-corrected chi connectivity index (χ3v) is 6.36. The number of amides is 2. The number of hydrogen-bond acceptors (Lipinski definition) is 8. The smallest absolute Gasteiger partial charge is 0.412 e. The van der Waals surface area contributed by atoms with E-state index in [4.69, 9.17) is 31.9 Å². The van der Waals surface area contributed by atoms with Crippen LogP contribution in [0.3, 0.4) is 0 Å². The summed E-state index contributed by atoms with van der Waals surface area (Å²) in [4.78, 5) is 28.7. The summed E-state index contributed by atoms with van der Waals surface area (Å²) in [7, 11) is 0. The van der Waals surface area contributed by atoms with Gasteiger partial charge in [-0.2, -0.15) is 0 Å². The lowest BCUT2D eigenvalue weighted by Crippen LogP contribution is -2.28. The van der Waals surface area contributed by atoms with Gasteiger partial charge in [-0.05, 0) is 48.2 Å². The molecule has 194 valence electrons. The van der Waals surface area contributed by atoms with Crippen LogP contribution in [0.1, 0.15) is 22.3 Å². The molecule has 2 heterocycles. The Morgan fingerprint density at radius 2 is 1.95 bits per heavy atom. The van der Waals surface area contributed by atoms with E-state index < -0.39 is 6.09 Å². The first-order valence-electron chi connectivity index (χ1n) is 11.0. The third-order valence-electron chi connectivity index (χ3n) is 5.07. The molecule has 2 aromatic heterocycles. The summed E-state index contributed by atoms with van der Waals surface area (Å²) in [6.45, 7) is 0.454. The lowest BCUT2D eigenvalue weighted by Gasteiger charge is -2.10. The minimum absolute atomic E-state index is 0. The number of carbonyl (C=O) groups is 2. The van der Waals surface area contributed by atoms with Crippen molar-refractivity contribution in [3.8, 4) is 11.5 Å². The maximum Gasteiger partial charge on any atom is 0.412 e. The van der Waals surface area contributed by atoms with Crippen molar-refractivity contribution in [3.63, 3.8) is 0 Å². The Bertz CT molecular complexity index is 1380. The molecule has 5 N–H and O–H groups in total. The van der Waals surface area contributed by atoms with E-state index in [9.17, 15) is 9.59 Å². The van der Waals surface area contributed by atoms with Crippen LogP contribution in [0.5, 0.6) is 11.5 Å². The predicted octanol–water partition coefficient (Wildman–Crippen LogP) is 5.26. The largest absolute Gasteiger partial charge is 0.489 e. The topological polar surface area (TPSA) is 136 Å². The van der Waals surface area contributed by atoms with E-state index in [-0.39, 0.29) is 37.3 Å². The number of aromatic nitrogens is 1. The fourth-order valence-corrected chi connectivity index (χ4v) is 4.46. The van der Waals surface area contributed by atoms with E-state index in [1.165, 1.54) is 17.5 Å². The number of thiophene rings is 1. The molecule has 0 saturated carbocycles. The monoisotopic (exact) mass is 562 g/mol. The van der Waals surface area contributed by atoms with Gasteiger partial charge in [0.15, 0.2) is 5.75 Å². The molecule has 0 unspecified atom stereocenters. The Morgan fingerprint density at radius 1 is 1.16 bits per heavy atom. The van der Waals surface area contributed by atoms with Crippen molar-refractivity contribution in [1.82, 2.24) is 10.3 Å². The normalized spacial score (nSPS) is 10.4. The number of hydrogen-bond donors (Lipinski definition) is 4. The molecule has 4 aromatic rings. The molecule has 0 aliphatic rings. The van der Waals surface area contributed by atoms with Crippen LogP contribution >= 0.6 is 35.3 Å². The van der Waals surface area contributed by atoms with E-state index in [0.717, 1.165) is 5.56 Å². The molecule has 0 atom stereocenters. The zero-order chi connectivity index (χ0) is 25.5. The van der Waals surface area contributed by atoms with Crippen LogP contribution in [-0.2, 0) is 6.61 Å². The minimum atomic E-state index is -0.639. The molecule has 9 nitrogen and oxygen atoms in total. The molecule has 0 aliphatic heterocycles. The number of benzene rings is 2. The van der Waals surface area contributed by atoms with Crippen LogP contribution in [0.15, 0.2) is 60.1 Å². The number of nitrogens with zero attached hydrogens (tertiary/aromatic N) is 1. The lowest BCUT2D eigenvalue weighted by molar-refractivity contribution is 0.102. The molecule has 0 aliphatic carbocycles. The number of carbonyl (C=O) groups excluding carboxylic acids is 2. The van der Waals surface area contributed by atoms with Gasteiger partial charge in [-0.3, -0.25) is 4.79 Å². The maximum absolute atomic E-state index is 12.5. The van der Waals surface area contributed by atoms with Crippen LogP contribution in [0.2, 0.25) is 5.02 Å². The number of nitrogens with two attached hydrogens (primary N) is 1. The number of halogens is 2. The summed E-state index contributed by atoms with van der Waals surface area (Å²) in [5.41, 5.74) is 7.95. The SMILES string of the molecule is Cl.Nc1ncc(OC(=O)NCCCO)c2scc(COc3cccc(NC(=O)c4ccc(Cl)cc4)c3)c12. The molecule has 2 amide bonds. The highest BCUT2D eigenvalue weighted by atomic mass is 35.5. The van der Waals surface area contributed by atoms with Gasteiger partial charge in [-0.15, -0.1) is 23.7 Å². The number of fused-ring (bicyclic) bond motifs is 1. The number of ether oxygens (including phenoxy) is 2. The first-order valence-corrected chi connectivity index (χ1v) is 12.2. The van der Waals surface area contributed by atoms with Gasteiger partial charge in [0.05, 0.1) is 10.9 Å². The quantitative estimate of drug-likeness (QED) is 0.204. The molecule has 12 heteroatoms. The Hall–Kier alpha value is -3.57. The van der Waals surface area contributed by atoms with Crippen LogP contribution in [-0.4, -0.2) is 35.2 Å². The number of rotatable bonds is 9. The van der Waals surface area contributed by atoms with E-state index in [2.05, 4.69) is 15.6 Å². The molecule has 37 heavy (non-hydrogen) atoms. The van der Waals surface area contributed by atoms with E-state index >= 15 is 0 Å². The van der Waals surface area contributed by atoms with Gasteiger partial charge < -0.3 is 30.9 Å². The molecule has 2 aromatic carbocycles. The summed E-state index contributed by atoms with van der Waals surface area (Å²) in [6.07, 6.45) is 1.19. The average Bonchev–Trinajstić information content (AvgIpc) is 3.30. The van der Waals surface area contributed by atoms with E-state index in [1.54, 1.807) is 48.5 Å². The summed E-state index contributed by atoms with van der Waals surface area (Å²) in [5.74, 6) is 0.857. The van der Waals surface area contributed by atoms with Crippen molar-refractivity contribution in [3.05, 3.63) is 76.3 Å². The van der Waals surface area contributed by atoms with Crippen molar-refractivity contribution in [2.75, 3.05) is 24.2 Å². The zero-order valence-electron chi connectivity index (χ0n) is 19.4. The molecule has 0 fully saturated rings. The second-order valence-electron chi connectivity index (χ2n) is 7.64. The Morgan fingerprint density at radius 3 is 2.70 bits per heavy atom. The van der Waals surface area contributed by atoms with Crippen molar-refractivity contribution in [2.24, 2.45) is 0 Å². The molecular weight excluding hydrogens is 539 g/mol. The molecule has 0 bridgehead atoms. The van der Waals surface area contributed by atoms with Crippen molar-refractivity contribution < 1.29 is 24.2 Å². The van der Waals surface area contributed by atoms with E-state index in [1.807, 2.05) is 5.38 Å². The Kier molecular flexibility index (Phi) is 9.93. The van der Waals surface area contributed by atoms with E-state index in [0.29, 0.717) is 50.9 Å². The van der Waals surface area contributed by atoms with Crippen molar-refractivity contribution in [1.29, 1.82) is 0 Å². The fourth-order valence-electron chi connectivity index (χ4n) is 3.32. The molecule has 0 spiro atoms. The van der Waals surface area contributed by atoms with Crippen LogP contribution in [0.25, 0.3) is 10.1 Å². The van der Waals surface area contributed by atoms with Gasteiger partial charge in [-0.1, -0.05) is 17.7 Å². The average molecular weight is 563 g/mol. The van der Waals surface area contributed by atoms with Gasteiger partial charge in [0, 0.05) is 46.4 Å². The van der Waals surface area contributed by atoms with Crippen LogP contribution in [0, 0.1) is 0 Å². The fraction of sp³-hybridized carbons (Fsp3) is 0.160. The summed E-state index contributed by atoms with van der Waals surface area (Å²) >= 11 is 7.24. The van der Waals surface area contributed by atoms with Gasteiger partial charge in [0.25, 0.3) is 5.91 Å². The number of nitrogen functional groups attached to an aromatic ring is 1. The molecule has 4 rings (SSSR count). The molecule has 0 saturated heterocycles. The predicted molar refractivity (Wildman–Crippen MR) is 147 cm³/mol. The van der Waals surface area contributed by atoms with Crippen LogP contribution < -0.4 is 25.8 Å². The van der Waals surface area contributed by atoms with Gasteiger partial charge in [0.2, 0.25) is 0 Å². The number of anilines is 2.